The summed E-state index contributed by atoms with van der Waals surface area (Å²) in [6, 6.07) is 64.3. The monoisotopic (exact) mass is 719 g/mol. The van der Waals surface area contributed by atoms with E-state index in [0.717, 1.165) is 49.9 Å². The first-order valence-corrected chi connectivity index (χ1v) is 19.7. The van der Waals surface area contributed by atoms with Gasteiger partial charge in [0.1, 0.15) is 11.2 Å². The molecule has 2 heteroatoms. The van der Waals surface area contributed by atoms with Crippen molar-refractivity contribution in [2.24, 2.45) is 0 Å². The lowest BCUT2D eigenvalue weighted by Gasteiger charge is -2.34. The van der Waals surface area contributed by atoms with Gasteiger partial charge in [0, 0.05) is 44.0 Å². The van der Waals surface area contributed by atoms with Gasteiger partial charge in [-0.15, -0.1) is 0 Å². The fourth-order valence-electron chi connectivity index (χ4n) is 10.0. The SMILES string of the molecule is CC1(C)c2ccccc2-c2c(N(c3cccc(-c4cccc5c4oc4c(-c6ccccc6)cccc45)c3)c3cccc4c3C(C)(C)c3ccccc3-4)cccc21. The lowest BCUT2D eigenvalue weighted by molar-refractivity contribution is 0.659. The van der Waals surface area contributed by atoms with Crippen LogP contribution in [-0.2, 0) is 10.8 Å². The third-order valence-electron chi connectivity index (χ3n) is 12.6. The summed E-state index contributed by atoms with van der Waals surface area (Å²) in [7, 11) is 0. The molecule has 0 saturated heterocycles. The fraction of sp³-hybridized carbons (Fsp3) is 0.111. The largest absolute Gasteiger partial charge is 0.455 e. The lowest BCUT2D eigenvalue weighted by atomic mass is 9.81. The molecule has 0 spiro atoms. The van der Waals surface area contributed by atoms with Gasteiger partial charge in [-0.2, -0.15) is 0 Å². The minimum atomic E-state index is -0.205. The Labute approximate surface area is 328 Å². The molecular formula is C54H41NO. The Morgan fingerprint density at radius 2 is 0.911 bits per heavy atom. The zero-order valence-corrected chi connectivity index (χ0v) is 32.1. The average Bonchev–Trinajstić information content (AvgIpc) is 3.82. The Morgan fingerprint density at radius 3 is 1.66 bits per heavy atom. The van der Waals surface area contributed by atoms with Gasteiger partial charge in [0.15, 0.2) is 0 Å². The number of para-hydroxylation sites is 2. The molecule has 2 aliphatic carbocycles. The van der Waals surface area contributed by atoms with Gasteiger partial charge in [-0.25, -0.2) is 0 Å². The van der Waals surface area contributed by atoms with Crippen molar-refractivity contribution in [3.63, 3.8) is 0 Å². The molecule has 9 aromatic rings. The van der Waals surface area contributed by atoms with E-state index in [1.165, 1.54) is 55.9 Å². The van der Waals surface area contributed by atoms with E-state index in [1.54, 1.807) is 0 Å². The van der Waals surface area contributed by atoms with E-state index >= 15 is 0 Å². The van der Waals surface area contributed by atoms with Crippen LogP contribution in [0.25, 0.3) is 66.4 Å². The predicted molar refractivity (Wildman–Crippen MR) is 234 cm³/mol. The van der Waals surface area contributed by atoms with Crippen LogP contribution >= 0.6 is 0 Å². The van der Waals surface area contributed by atoms with Crippen LogP contribution in [0.3, 0.4) is 0 Å². The van der Waals surface area contributed by atoms with Crippen molar-refractivity contribution >= 4 is 39.0 Å². The molecule has 1 aromatic heterocycles. The quantitative estimate of drug-likeness (QED) is 0.176. The zero-order valence-electron chi connectivity index (χ0n) is 32.1. The van der Waals surface area contributed by atoms with Crippen LogP contribution in [0.15, 0.2) is 180 Å². The number of fused-ring (bicyclic) bond motifs is 9. The van der Waals surface area contributed by atoms with Crippen LogP contribution in [0.5, 0.6) is 0 Å². The molecule has 2 nitrogen and oxygen atoms in total. The van der Waals surface area contributed by atoms with Crippen molar-refractivity contribution < 1.29 is 4.42 Å². The Kier molecular flexibility index (Phi) is 6.98. The van der Waals surface area contributed by atoms with Crippen molar-refractivity contribution in [3.05, 3.63) is 198 Å². The molecule has 0 bridgehead atoms. The predicted octanol–water partition coefficient (Wildman–Crippen LogP) is 15.0. The zero-order chi connectivity index (χ0) is 37.8. The average molecular weight is 720 g/mol. The summed E-state index contributed by atoms with van der Waals surface area (Å²) in [6.45, 7) is 9.50. The number of nitrogens with zero attached hydrogens (tertiary/aromatic N) is 1. The van der Waals surface area contributed by atoms with Crippen LogP contribution in [0.2, 0.25) is 0 Å². The molecule has 0 unspecified atom stereocenters. The van der Waals surface area contributed by atoms with Crippen molar-refractivity contribution in [1.82, 2.24) is 0 Å². The molecule has 2 aliphatic rings. The second-order valence-corrected chi connectivity index (χ2v) is 16.5. The highest BCUT2D eigenvalue weighted by Gasteiger charge is 2.41. The molecule has 0 radical (unpaired) electrons. The van der Waals surface area contributed by atoms with E-state index in [1.807, 2.05) is 0 Å². The number of hydrogen-bond acceptors (Lipinski definition) is 2. The maximum atomic E-state index is 6.93. The Bertz CT molecular complexity index is 3030. The van der Waals surface area contributed by atoms with E-state index in [-0.39, 0.29) is 10.8 Å². The molecule has 0 saturated carbocycles. The van der Waals surface area contributed by atoms with Crippen LogP contribution in [-0.4, -0.2) is 0 Å². The van der Waals surface area contributed by atoms with Crippen LogP contribution in [0.1, 0.15) is 49.9 Å². The highest BCUT2D eigenvalue weighted by molar-refractivity contribution is 6.13. The van der Waals surface area contributed by atoms with E-state index in [2.05, 4.69) is 209 Å². The van der Waals surface area contributed by atoms with Crippen molar-refractivity contribution in [2.75, 3.05) is 4.90 Å². The number of rotatable bonds is 5. The van der Waals surface area contributed by atoms with Crippen molar-refractivity contribution in [1.29, 1.82) is 0 Å². The van der Waals surface area contributed by atoms with Crippen LogP contribution in [0, 0.1) is 0 Å². The van der Waals surface area contributed by atoms with Gasteiger partial charge in [-0.1, -0.05) is 179 Å². The fourth-order valence-corrected chi connectivity index (χ4v) is 10.0. The minimum absolute atomic E-state index is 0.126. The summed E-state index contributed by atoms with van der Waals surface area (Å²) in [6.07, 6.45) is 0. The van der Waals surface area contributed by atoms with Crippen molar-refractivity contribution in [3.8, 4) is 44.5 Å². The Morgan fingerprint density at radius 1 is 0.393 bits per heavy atom. The number of hydrogen-bond donors (Lipinski definition) is 0. The number of furan rings is 1. The van der Waals surface area contributed by atoms with E-state index in [4.69, 9.17) is 4.42 Å². The third kappa shape index (κ3) is 4.56. The summed E-state index contributed by atoms with van der Waals surface area (Å²) in [4.78, 5) is 2.54. The summed E-state index contributed by atoms with van der Waals surface area (Å²) >= 11 is 0. The molecule has 56 heavy (non-hydrogen) atoms. The topological polar surface area (TPSA) is 16.4 Å². The normalized spacial score (nSPS) is 14.4. The number of anilines is 3. The first kappa shape index (κ1) is 32.8. The van der Waals surface area contributed by atoms with Gasteiger partial charge in [0.05, 0.1) is 11.4 Å². The van der Waals surface area contributed by atoms with E-state index < -0.39 is 0 Å². The highest BCUT2D eigenvalue weighted by atomic mass is 16.3. The van der Waals surface area contributed by atoms with E-state index in [9.17, 15) is 0 Å². The molecule has 0 amide bonds. The second kappa shape index (κ2) is 11.9. The van der Waals surface area contributed by atoms with Gasteiger partial charge < -0.3 is 9.32 Å². The molecule has 1 heterocycles. The van der Waals surface area contributed by atoms with Crippen molar-refractivity contribution in [2.45, 2.75) is 38.5 Å². The number of benzene rings is 8. The van der Waals surface area contributed by atoms with Gasteiger partial charge in [-0.3, -0.25) is 0 Å². The smallest absolute Gasteiger partial charge is 0.143 e. The summed E-state index contributed by atoms with van der Waals surface area (Å²) in [5.74, 6) is 0. The minimum Gasteiger partial charge on any atom is -0.455 e. The molecule has 8 aromatic carbocycles. The van der Waals surface area contributed by atoms with Crippen LogP contribution < -0.4 is 4.90 Å². The second-order valence-electron chi connectivity index (χ2n) is 16.5. The summed E-state index contributed by atoms with van der Waals surface area (Å²) in [5, 5.41) is 2.25. The molecule has 11 rings (SSSR count). The molecular weight excluding hydrogens is 679 g/mol. The standard InChI is InChI=1S/C54H41NO/c1-53(2)45-29-11-9-22-43(45)49-46(53)30-16-31-47(49)55(48-32-15-25-40-39-21-8-10-28-44(39)54(3,4)50(40)48)36-20-12-19-35(33-36)38-24-14-27-42-41-26-13-23-37(51(41)56-52(38)42)34-17-6-5-7-18-34/h5-33H,1-4H3. The Balaban J connectivity index is 1.16. The van der Waals surface area contributed by atoms with Crippen LogP contribution in [0.4, 0.5) is 17.1 Å². The Hall–Kier alpha value is -6.64. The lowest BCUT2D eigenvalue weighted by Crippen LogP contribution is -2.21. The first-order valence-electron chi connectivity index (χ1n) is 19.7. The molecule has 0 atom stereocenters. The van der Waals surface area contributed by atoms with E-state index in [0.29, 0.717) is 0 Å². The van der Waals surface area contributed by atoms with Gasteiger partial charge in [0.25, 0.3) is 0 Å². The highest BCUT2D eigenvalue weighted by Crippen LogP contribution is 2.58. The maximum absolute atomic E-state index is 6.93. The third-order valence-corrected chi connectivity index (χ3v) is 12.6. The molecule has 0 aliphatic heterocycles. The molecule has 268 valence electrons. The molecule has 0 fully saturated rings. The van der Waals surface area contributed by atoms with Gasteiger partial charge in [-0.05, 0) is 74.3 Å². The molecule has 0 N–H and O–H groups in total. The van der Waals surface area contributed by atoms with Gasteiger partial charge >= 0.3 is 0 Å². The summed E-state index contributed by atoms with van der Waals surface area (Å²) < 4.78 is 6.93. The maximum Gasteiger partial charge on any atom is 0.143 e. The first-order chi connectivity index (χ1) is 27.3. The van der Waals surface area contributed by atoms with Gasteiger partial charge in [0.2, 0.25) is 0 Å². The summed E-state index contributed by atoms with van der Waals surface area (Å²) in [5.41, 5.74) is 20.1.